The van der Waals surface area contributed by atoms with E-state index in [-0.39, 0.29) is 5.56 Å². The number of halogens is 1. The summed E-state index contributed by atoms with van der Waals surface area (Å²) in [7, 11) is 0. The van der Waals surface area contributed by atoms with Gasteiger partial charge >= 0.3 is 5.97 Å². The molecule has 2 aromatic heterocycles. The number of hydrogen-bond donors (Lipinski definition) is 1. The second-order valence-corrected chi connectivity index (χ2v) is 6.59. The Kier molecular flexibility index (Phi) is 3.73. The van der Waals surface area contributed by atoms with Crippen LogP contribution in [-0.2, 0) is 6.42 Å². The minimum absolute atomic E-state index is 0.262. The van der Waals surface area contributed by atoms with E-state index in [0.717, 1.165) is 29.4 Å². The molecule has 3 aromatic rings. The van der Waals surface area contributed by atoms with Gasteiger partial charge in [0.25, 0.3) is 0 Å². The molecule has 5 nitrogen and oxygen atoms in total. The molecular weight excluding hydrogens is 326 g/mol. The highest BCUT2D eigenvalue weighted by molar-refractivity contribution is 6.31. The van der Waals surface area contributed by atoms with Gasteiger partial charge in [-0.15, -0.1) is 0 Å². The van der Waals surface area contributed by atoms with Gasteiger partial charge in [0.1, 0.15) is 0 Å². The number of carbonyl (C=O) groups is 1. The van der Waals surface area contributed by atoms with Crippen molar-refractivity contribution in [1.82, 2.24) is 14.8 Å². The van der Waals surface area contributed by atoms with E-state index in [0.29, 0.717) is 23.0 Å². The molecule has 0 bridgehead atoms. The number of carboxylic acids is 1. The van der Waals surface area contributed by atoms with Crippen LogP contribution in [0.2, 0.25) is 5.02 Å². The van der Waals surface area contributed by atoms with Crippen LogP contribution in [0.1, 0.15) is 46.9 Å². The average molecular weight is 342 g/mol. The van der Waals surface area contributed by atoms with Gasteiger partial charge in [-0.3, -0.25) is 9.67 Å². The number of aromatic carboxylic acids is 1. The summed E-state index contributed by atoms with van der Waals surface area (Å²) in [6.45, 7) is 0. The highest BCUT2D eigenvalue weighted by Crippen LogP contribution is 2.35. The fourth-order valence-corrected chi connectivity index (χ4v) is 3.35. The molecule has 0 radical (unpaired) electrons. The number of fused-ring (bicyclic) bond motifs is 1. The molecule has 1 N–H and O–H groups in total. The first-order valence-corrected chi connectivity index (χ1v) is 8.34. The minimum atomic E-state index is -0.951. The SMILES string of the molecule is O=C(O)c1ccncc1Cc1nn(C2CCC2)c2ccc(Cl)cc12. The van der Waals surface area contributed by atoms with Crippen LogP contribution in [-0.4, -0.2) is 25.8 Å². The summed E-state index contributed by atoms with van der Waals surface area (Å²) >= 11 is 6.17. The first-order chi connectivity index (χ1) is 11.6. The Labute approximate surface area is 143 Å². The van der Waals surface area contributed by atoms with Crippen molar-refractivity contribution in [3.8, 4) is 0 Å². The lowest BCUT2D eigenvalue weighted by molar-refractivity contribution is 0.0695. The highest BCUT2D eigenvalue weighted by atomic mass is 35.5. The number of rotatable bonds is 4. The second-order valence-electron chi connectivity index (χ2n) is 6.15. The number of pyridine rings is 1. The summed E-state index contributed by atoms with van der Waals surface area (Å²) in [5.41, 5.74) is 2.82. The summed E-state index contributed by atoms with van der Waals surface area (Å²) in [6, 6.07) is 7.72. The summed E-state index contributed by atoms with van der Waals surface area (Å²) in [6.07, 6.45) is 7.00. The van der Waals surface area contributed by atoms with Gasteiger partial charge in [0.15, 0.2) is 0 Å². The van der Waals surface area contributed by atoms with E-state index in [2.05, 4.69) is 9.67 Å². The zero-order valence-corrected chi connectivity index (χ0v) is 13.7. The van der Waals surface area contributed by atoms with Crippen molar-refractivity contribution < 1.29 is 9.90 Å². The van der Waals surface area contributed by atoms with Crippen LogP contribution >= 0.6 is 11.6 Å². The Morgan fingerprint density at radius 3 is 2.88 bits per heavy atom. The summed E-state index contributed by atoms with van der Waals surface area (Å²) in [4.78, 5) is 15.5. The van der Waals surface area contributed by atoms with Crippen LogP contribution in [0.25, 0.3) is 10.9 Å². The summed E-state index contributed by atoms with van der Waals surface area (Å²) in [5.74, 6) is -0.951. The molecule has 6 heteroatoms. The predicted octanol–water partition coefficient (Wildman–Crippen LogP) is 4.10. The number of aromatic nitrogens is 3. The van der Waals surface area contributed by atoms with E-state index in [1.165, 1.54) is 18.7 Å². The zero-order valence-electron chi connectivity index (χ0n) is 12.9. The summed E-state index contributed by atoms with van der Waals surface area (Å²) < 4.78 is 2.07. The second kappa shape index (κ2) is 5.91. The van der Waals surface area contributed by atoms with Gasteiger partial charge in [0.05, 0.1) is 22.8 Å². The quantitative estimate of drug-likeness (QED) is 0.775. The van der Waals surface area contributed by atoms with Crippen molar-refractivity contribution in [2.75, 3.05) is 0 Å². The van der Waals surface area contributed by atoms with E-state index in [9.17, 15) is 9.90 Å². The molecule has 2 heterocycles. The standard InChI is InChI=1S/C18H16ClN3O2/c19-12-4-5-17-15(9-12)16(21-22(17)13-2-1-3-13)8-11-10-20-7-6-14(11)18(23)24/h4-7,9-10,13H,1-3,8H2,(H,23,24). The maximum Gasteiger partial charge on any atom is 0.336 e. The van der Waals surface area contributed by atoms with Gasteiger partial charge in [-0.25, -0.2) is 4.79 Å². The predicted molar refractivity (Wildman–Crippen MR) is 91.6 cm³/mol. The van der Waals surface area contributed by atoms with Crippen molar-refractivity contribution in [1.29, 1.82) is 0 Å². The third-order valence-corrected chi connectivity index (χ3v) is 4.89. The first kappa shape index (κ1) is 15.1. The van der Waals surface area contributed by atoms with Crippen LogP contribution in [0.15, 0.2) is 36.7 Å². The zero-order chi connectivity index (χ0) is 16.7. The van der Waals surface area contributed by atoms with Gasteiger partial charge in [-0.05, 0) is 49.1 Å². The Hall–Kier alpha value is -2.40. The molecule has 1 aromatic carbocycles. The molecule has 24 heavy (non-hydrogen) atoms. The third-order valence-electron chi connectivity index (χ3n) is 4.66. The lowest BCUT2D eigenvalue weighted by Gasteiger charge is -2.26. The number of benzene rings is 1. The highest BCUT2D eigenvalue weighted by Gasteiger charge is 2.24. The Balaban J connectivity index is 1.82. The molecule has 0 unspecified atom stereocenters. The largest absolute Gasteiger partial charge is 0.478 e. The molecule has 1 aliphatic carbocycles. The lowest BCUT2D eigenvalue weighted by atomic mass is 9.93. The van der Waals surface area contributed by atoms with Crippen molar-refractivity contribution in [2.45, 2.75) is 31.7 Å². The molecule has 122 valence electrons. The fraction of sp³-hybridized carbons (Fsp3) is 0.278. The maximum absolute atomic E-state index is 11.4. The van der Waals surface area contributed by atoms with Gasteiger partial charge in [-0.1, -0.05) is 11.6 Å². The van der Waals surface area contributed by atoms with Crippen LogP contribution in [0.3, 0.4) is 0 Å². The third kappa shape index (κ3) is 2.55. The fourth-order valence-electron chi connectivity index (χ4n) is 3.17. The van der Waals surface area contributed by atoms with Crippen LogP contribution in [0.5, 0.6) is 0 Å². The van der Waals surface area contributed by atoms with Gasteiger partial charge in [0.2, 0.25) is 0 Å². The van der Waals surface area contributed by atoms with Crippen LogP contribution < -0.4 is 0 Å². The van der Waals surface area contributed by atoms with E-state index in [4.69, 9.17) is 16.7 Å². The molecule has 0 amide bonds. The molecule has 0 saturated heterocycles. The van der Waals surface area contributed by atoms with E-state index in [1.807, 2.05) is 18.2 Å². The van der Waals surface area contributed by atoms with E-state index >= 15 is 0 Å². The first-order valence-electron chi connectivity index (χ1n) is 7.96. The molecule has 1 fully saturated rings. The van der Waals surface area contributed by atoms with Crippen LogP contribution in [0, 0.1) is 0 Å². The Morgan fingerprint density at radius 1 is 1.33 bits per heavy atom. The smallest absolute Gasteiger partial charge is 0.336 e. The average Bonchev–Trinajstić information content (AvgIpc) is 2.84. The molecule has 1 aliphatic rings. The van der Waals surface area contributed by atoms with Crippen LogP contribution in [0.4, 0.5) is 0 Å². The monoisotopic (exact) mass is 341 g/mol. The van der Waals surface area contributed by atoms with Gasteiger partial charge in [-0.2, -0.15) is 5.10 Å². The molecule has 1 saturated carbocycles. The van der Waals surface area contributed by atoms with Gasteiger partial charge in [0, 0.05) is 29.2 Å². The maximum atomic E-state index is 11.4. The molecule has 0 aliphatic heterocycles. The van der Waals surface area contributed by atoms with Crippen molar-refractivity contribution >= 4 is 28.5 Å². The topological polar surface area (TPSA) is 68.0 Å². The normalized spacial score (nSPS) is 14.7. The number of hydrogen-bond acceptors (Lipinski definition) is 3. The Bertz CT molecular complexity index is 931. The van der Waals surface area contributed by atoms with Crippen molar-refractivity contribution in [2.24, 2.45) is 0 Å². The summed E-state index contributed by atoms with van der Waals surface area (Å²) in [5, 5.41) is 15.8. The molecule has 0 spiro atoms. The van der Waals surface area contributed by atoms with E-state index in [1.54, 1.807) is 6.20 Å². The molecule has 4 rings (SSSR count). The lowest BCUT2D eigenvalue weighted by Crippen LogP contribution is -2.18. The minimum Gasteiger partial charge on any atom is -0.478 e. The number of carboxylic acid groups (broad SMARTS) is 1. The number of nitrogens with zero attached hydrogens (tertiary/aromatic N) is 3. The molecular formula is C18H16ClN3O2. The van der Waals surface area contributed by atoms with Crippen molar-refractivity contribution in [3.05, 3.63) is 58.5 Å². The van der Waals surface area contributed by atoms with Gasteiger partial charge < -0.3 is 5.11 Å². The molecule has 0 atom stereocenters. The Morgan fingerprint density at radius 2 is 2.17 bits per heavy atom. The van der Waals surface area contributed by atoms with E-state index < -0.39 is 5.97 Å². The van der Waals surface area contributed by atoms with Crippen molar-refractivity contribution in [3.63, 3.8) is 0 Å².